The number of amides is 2. The Kier molecular flexibility index (Phi) is 10.4. The van der Waals surface area contributed by atoms with Crippen molar-refractivity contribution in [2.45, 2.75) is 53.1 Å². The molecule has 0 aliphatic heterocycles. The van der Waals surface area contributed by atoms with Crippen LogP contribution in [0.1, 0.15) is 43.4 Å². The molecule has 1 N–H and O–H groups in total. The standard InChI is InChI=1S/C25H33Cl2N3O4S/c1-6-12-28-25(32)22(7-2)29(15-19-9-10-20(26)14-21(19)27)24(31)16-30(35(5,33)34)23-11-8-17(3)13-18(23)4/h8-11,13-14,22H,6-7,12,15-16H2,1-5H3,(H,28,32). The molecule has 2 amide bonds. The van der Waals surface area contributed by atoms with E-state index in [4.69, 9.17) is 23.2 Å². The quantitative estimate of drug-likeness (QED) is 0.446. The minimum Gasteiger partial charge on any atom is -0.354 e. The molecule has 0 aliphatic carbocycles. The molecule has 0 aromatic heterocycles. The van der Waals surface area contributed by atoms with Crippen LogP contribution in [0.15, 0.2) is 36.4 Å². The van der Waals surface area contributed by atoms with Gasteiger partial charge in [-0.2, -0.15) is 0 Å². The highest BCUT2D eigenvalue weighted by Crippen LogP contribution is 2.26. The van der Waals surface area contributed by atoms with Gasteiger partial charge in [0.1, 0.15) is 12.6 Å². The van der Waals surface area contributed by atoms with Crippen LogP contribution in [0.4, 0.5) is 5.69 Å². The molecule has 0 bridgehead atoms. The van der Waals surface area contributed by atoms with Crippen molar-refractivity contribution in [3.8, 4) is 0 Å². The molecule has 0 radical (unpaired) electrons. The van der Waals surface area contributed by atoms with Crippen LogP contribution in [0.5, 0.6) is 0 Å². The van der Waals surface area contributed by atoms with Gasteiger partial charge in [-0.15, -0.1) is 0 Å². The van der Waals surface area contributed by atoms with Crippen LogP contribution >= 0.6 is 23.2 Å². The van der Waals surface area contributed by atoms with Crippen molar-refractivity contribution in [3.63, 3.8) is 0 Å². The number of anilines is 1. The van der Waals surface area contributed by atoms with E-state index < -0.39 is 28.5 Å². The Morgan fingerprint density at radius 3 is 2.29 bits per heavy atom. The summed E-state index contributed by atoms with van der Waals surface area (Å²) in [6.07, 6.45) is 2.15. The van der Waals surface area contributed by atoms with Gasteiger partial charge in [0.2, 0.25) is 21.8 Å². The number of benzene rings is 2. The lowest BCUT2D eigenvalue weighted by molar-refractivity contribution is -0.140. The highest BCUT2D eigenvalue weighted by atomic mass is 35.5. The molecule has 0 saturated carbocycles. The number of hydrogen-bond donors (Lipinski definition) is 1. The number of nitrogens with one attached hydrogen (secondary N) is 1. The van der Waals surface area contributed by atoms with Crippen molar-refractivity contribution < 1.29 is 18.0 Å². The Hall–Kier alpha value is -2.29. The molecular weight excluding hydrogens is 509 g/mol. The zero-order valence-corrected chi connectivity index (χ0v) is 23.1. The summed E-state index contributed by atoms with van der Waals surface area (Å²) in [6, 6.07) is 9.45. The molecule has 10 heteroatoms. The van der Waals surface area contributed by atoms with Gasteiger partial charge >= 0.3 is 0 Å². The predicted octanol–water partition coefficient (Wildman–Crippen LogP) is 4.71. The van der Waals surface area contributed by atoms with Crippen molar-refractivity contribution >= 4 is 50.7 Å². The average molecular weight is 543 g/mol. The Bertz CT molecular complexity index is 1170. The molecule has 0 heterocycles. The van der Waals surface area contributed by atoms with Crippen LogP contribution < -0.4 is 9.62 Å². The van der Waals surface area contributed by atoms with Crippen LogP contribution in [-0.4, -0.2) is 50.5 Å². The van der Waals surface area contributed by atoms with Crippen LogP contribution in [0.3, 0.4) is 0 Å². The summed E-state index contributed by atoms with van der Waals surface area (Å²) in [4.78, 5) is 28.0. The zero-order valence-electron chi connectivity index (χ0n) is 20.8. The molecule has 192 valence electrons. The monoisotopic (exact) mass is 541 g/mol. The highest BCUT2D eigenvalue weighted by molar-refractivity contribution is 7.92. The minimum absolute atomic E-state index is 0.0252. The Balaban J connectivity index is 2.49. The second-order valence-corrected chi connectivity index (χ2v) is 11.3. The third kappa shape index (κ3) is 7.85. The highest BCUT2D eigenvalue weighted by Gasteiger charge is 2.32. The largest absolute Gasteiger partial charge is 0.354 e. The van der Waals surface area contributed by atoms with Gasteiger partial charge in [0.15, 0.2) is 0 Å². The fourth-order valence-corrected chi connectivity index (χ4v) is 5.17. The number of sulfonamides is 1. The molecular formula is C25H33Cl2N3O4S. The minimum atomic E-state index is -3.79. The van der Waals surface area contributed by atoms with Gasteiger partial charge in [-0.05, 0) is 56.0 Å². The van der Waals surface area contributed by atoms with Crippen LogP contribution in [0, 0.1) is 13.8 Å². The van der Waals surface area contributed by atoms with Crippen LogP contribution in [0.2, 0.25) is 10.0 Å². The van der Waals surface area contributed by atoms with Gasteiger partial charge in [-0.25, -0.2) is 8.42 Å². The van der Waals surface area contributed by atoms with E-state index in [0.29, 0.717) is 34.3 Å². The summed E-state index contributed by atoms with van der Waals surface area (Å²) >= 11 is 12.4. The fourth-order valence-electron chi connectivity index (χ4n) is 3.80. The number of hydrogen-bond acceptors (Lipinski definition) is 4. The van der Waals surface area contributed by atoms with Gasteiger partial charge in [-0.3, -0.25) is 13.9 Å². The number of rotatable bonds is 11. The normalized spacial score (nSPS) is 12.2. The number of carbonyl (C=O) groups excluding carboxylic acids is 2. The number of halogens is 2. The summed E-state index contributed by atoms with van der Waals surface area (Å²) in [5, 5.41) is 3.64. The lowest BCUT2D eigenvalue weighted by Crippen LogP contribution is -2.52. The molecule has 1 atom stereocenters. The van der Waals surface area contributed by atoms with Crippen molar-refractivity contribution in [1.82, 2.24) is 10.2 Å². The summed E-state index contributed by atoms with van der Waals surface area (Å²) in [6.45, 7) is 7.48. The lowest BCUT2D eigenvalue weighted by atomic mass is 10.1. The molecule has 1 unspecified atom stereocenters. The van der Waals surface area contributed by atoms with Crippen LogP contribution in [-0.2, 0) is 26.2 Å². The van der Waals surface area contributed by atoms with E-state index in [2.05, 4.69) is 5.32 Å². The molecule has 0 aliphatic rings. The molecule has 2 rings (SSSR count). The van der Waals surface area contributed by atoms with E-state index in [9.17, 15) is 18.0 Å². The van der Waals surface area contributed by atoms with E-state index in [1.807, 2.05) is 19.9 Å². The molecule has 7 nitrogen and oxygen atoms in total. The van der Waals surface area contributed by atoms with E-state index in [1.54, 1.807) is 44.2 Å². The van der Waals surface area contributed by atoms with Crippen molar-refractivity contribution in [1.29, 1.82) is 0 Å². The number of nitrogens with zero attached hydrogens (tertiary/aromatic N) is 2. The summed E-state index contributed by atoms with van der Waals surface area (Å²) in [5.74, 6) is -0.815. The summed E-state index contributed by atoms with van der Waals surface area (Å²) in [5.41, 5.74) is 2.72. The lowest BCUT2D eigenvalue weighted by Gasteiger charge is -2.33. The summed E-state index contributed by atoms with van der Waals surface area (Å²) < 4.78 is 26.5. The van der Waals surface area contributed by atoms with Gasteiger partial charge in [0.05, 0.1) is 11.9 Å². The van der Waals surface area contributed by atoms with E-state index in [-0.39, 0.29) is 12.5 Å². The van der Waals surface area contributed by atoms with Gasteiger partial charge in [-0.1, -0.05) is 60.8 Å². The first-order chi connectivity index (χ1) is 16.4. The first-order valence-corrected chi connectivity index (χ1v) is 14.1. The topological polar surface area (TPSA) is 86.8 Å². The summed E-state index contributed by atoms with van der Waals surface area (Å²) in [7, 11) is -3.79. The Morgan fingerprint density at radius 1 is 1.06 bits per heavy atom. The molecule has 0 spiro atoms. The molecule has 2 aromatic carbocycles. The van der Waals surface area contributed by atoms with Crippen molar-refractivity contribution in [2.24, 2.45) is 0 Å². The van der Waals surface area contributed by atoms with Gasteiger partial charge < -0.3 is 10.2 Å². The second-order valence-electron chi connectivity index (χ2n) is 8.53. The number of carbonyl (C=O) groups is 2. The smallest absolute Gasteiger partial charge is 0.244 e. The first kappa shape index (κ1) is 28.9. The maximum atomic E-state index is 13.7. The van der Waals surface area contributed by atoms with Crippen molar-refractivity contribution in [2.75, 3.05) is 23.7 Å². The van der Waals surface area contributed by atoms with E-state index >= 15 is 0 Å². The average Bonchev–Trinajstić information content (AvgIpc) is 2.77. The molecule has 2 aromatic rings. The zero-order chi connectivity index (χ0) is 26.3. The Morgan fingerprint density at radius 2 is 1.74 bits per heavy atom. The third-order valence-electron chi connectivity index (χ3n) is 5.59. The SMILES string of the molecule is CCCNC(=O)C(CC)N(Cc1ccc(Cl)cc1Cl)C(=O)CN(c1ccc(C)cc1C)S(C)(=O)=O. The second kappa shape index (κ2) is 12.6. The number of aryl methyl sites for hydroxylation is 2. The molecule has 35 heavy (non-hydrogen) atoms. The molecule has 0 saturated heterocycles. The van der Waals surface area contributed by atoms with Gasteiger partial charge in [0, 0.05) is 23.1 Å². The fraction of sp³-hybridized carbons (Fsp3) is 0.440. The maximum absolute atomic E-state index is 13.7. The first-order valence-electron chi connectivity index (χ1n) is 11.4. The Labute approximate surface area is 218 Å². The van der Waals surface area contributed by atoms with Crippen LogP contribution in [0.25, 0.3) is 0 Å². The van der Waals surface area contributed by atoms with Gasteiger partial charge in [0.25, 0.3) is 0 Å². The molecule has 0 fully saturated rings. The van der Waals surface area contributed by atoms with Crippen molar-refractivity contribution in [3.05, 3.63) is 63.1 Å². The van der Waals surface area contributed by atoms with E-state index in [0.717, 1.165) is 28.1 Å². The maximum Gasteiger partial charge on any atom is 0.244 e. The van der Waals surface area contributed by atoms with E-state index in [1.165, 1.54) is 4.90 Å². The third-order valence-corrected chi connectivity index (χ3v) is 7.30. The predicted molar refractivity (Wildman–Crippen MR) is 142 cm³/mol.